The number of aliphatic carboxylic acids is 1. The predicted molar refractivity (Wildman–Crippen MR) is 58.0 cm³/mol. The van der Waals surface area contributed by atoms with Crippen LogP contribution in [0.5, 0.6) is 0 Å². The van der Waals surface area contributed by atoms with Gasteiger partial charge in [-0.2, -0.15) is 0 Å². The Labute approximate surface area is 94.8 Å². The third kappa shape index (κ3) is 2.13. The number of carboxylic acids is 1. The lowest BCUT2D eigenvalue weighted by Crippen LogP contribution is -2.57. The molecule has 2 unspecified atom stereocenters. The molecule has 2 aliphatic rings. The summed E-state index contributed by atoms with van der Waals surface area (Å²) in [6, 6.07) is 0.174. The lowest BCUT2D eigenvalue weighted by Gasteiger charge is -2.37. The molecule has 2 rings (SSSR count). The van der Waals surface area contributed by atoms with Crippen molar-refractivity contribution in [3.8, 4) is 0 Å². The molecule has 2 fully saturated rings. The number of rotatable bonds is 2. The van der Waals surface area contributed by atoms with Crippen LogP contribution in [0, 0.1) is 11.8 Å². The first-order valence-electron chi connectivity index (χ1n) is 5.86. The molecule has 0 bridgehead atoms. The Bertz CT molecular complexity index is 300. The fourth-order valence-electron chi connectivity index (χ4n) is 2.41. The number of amides is 2. The number of nitrogens with zero attached hydrogens (tertiary/aromatic N) is 1. The first kappa shape index (κ1) is 11.2. The van der Waals surface area contributed by atoms with E-state index in [1.54, 1.807) is 4.90 Å². The lowest BCUT2D eigenvalue weighted by molar-refractivity contribution is -0.146. The highest BCUT2D eigenvalue weighted by Gasteiger charge is 2.37. The number of urea groups is 1. The number of hydrogen-bond donors (Lipinski definition) is 2. The third-order valence-corrected chi connectivity index (χ3v) is 3.69. The monoisotopic (exact) mass is 226 g/mol. The summed E-state index contributed by atoms with van der Waals surface area (Å²) in [5, 5.41) is 11.7. The van der Waals surface area contributed by atoms with Crippen molar-refractivity contribution in [3.63, 3.8) is 0 Å². The minimum atomic E-state index is -0.807. The molecule has 1 saturated carbocycles. The molecular weight excluding hydrogens is 208 g/mol. The molecule has 2 N–H and O–H groups in total. The average molecular weight is 226 g/mol. The Morgan fingerprint density at radius 3 is 2.50 bits per heavy atom. The predicted octanol–water partition coefficient (Wildman–Crippen LogP) is 0.901. The molecule has 16 heavy (non-hydrogen) atoms. The fraction of sp³-hybridized carbons (Fsp3) is 0.818. The van der Waals surface area contributed by atoms with E-state index in [9.17, 15) is 9.59 Å². The van der Waals surface area contributed by atoms with Gasteiger partial charge in [-0.3, -0.25) is 4.79 Å². The molecule has 5 heteroatoms. The van der Waals surface area contributed by atoms with Crippen LogP contribution in [0.3, 0.4) is 0 Å². The number of likely N-dealkylation sites (tertiary alicyclic amines) is 1. The van der Waals surface area contributed by atoms with E-state index in [1.807, 2.05) is 0 Å². The highest BCUT2D eigenvalue weighted by atomic mass is 16.4. The van der Waals surface area contributed by atoms with Crippen LogP contribution in [0.4, 0.5) is 4.79 Å². The van der Waals surface area contributed by atoms with E-state index in [4.69, 9.17) is 5.11 Å². The van der Waals surface area contributed by atoms with E-state index in [2.05, 4.69) is 12.2 Å². The molecule has 2 amide bonds. The van der Waals surface area contributed by atoms with Gasteiger partial charge in [0.05, 0.1) is 5.92 Å². The standard InChI is InChI=1S/C11H18N2O3/c1-7-3-2-4-9(7)12-11(16)13-5-8(6-13)10(14)15/h7-9H,2-6H2,1H3,(H,12,16)(H,14,15). The Hall–Kier alpha value is -1.26. The quantitative estimate of drug-likeness (QED) is 0.735. The largest absolute Gasteiger partial charge is 0.481 e. The van der Waals surface area contributed by atoms with Gasteiger partial charge in [0, 0.05) is 19.1 Å². The molecule has 1 aliphatic heterocycles. The van der Waals surface area contributed by atoms with Gasteiger partial charge in [-0.15, -0.1) is 0 Å². The van der Waals surface area contributed by atoms with E-state index >= 15 is 0 Å². The molecule has 0 radical (unpaired) electrons. The zero-order valence-electron chi connectivity index (χ0n) is 9.48. The van der Waals surface area contributed by atoms with Gasteiger partial charge < -0.3 is 15.3 Å². The second-order valence-electron chi connectivity index (χ2n) is 4.90. The van der Waals surface area contributed by atoms with Crippen LogP contribution in [0.25, 0.3) is 0 Å². The SMILES string of the molecule is CC1CCCC1NC(=O)N1CC(C(=O)O)C1. The Morgan fingerprint density at radius 2 is 2.00 bits per heavy atom. The van der Waals surface area contributed by atoms with E-state index in [-0.39, 0.29) is 18.0 Å². The summed E-state index contributed by atoms with van der Waals surface area (Å²) >= 11 is 0. The first-order valence-corrected chi connectivity index (χ1v) is 5.86. The number of carbonyl (C=O) groups is 2. The van der Waals surface area contributed by atoms with Crippen molar-refractivity contribution in [3.05, 3.63) is 0 Å². The van der Waals surface area contributed by atoms with E-state index in [0.717, 1.165) is 6.42 Å². The zero-order chi connectivity index (χ0) is 11.7. The topological polar surface area (TPSA) is 69.6 Å². The third-order valence-electron chi connectivity index (χ3n) is 3.69. The molecule has 1 aliphatic carbocycles. The summed E-state index contributed by atoms with van der Waals surface area (Å²) in [4.78, 5) is 23.9. The summed E-state index contributed by atoms with van der Waals surface area (Å²) in [5.41, 5.74) is 0. The normalized spacial score (nSPS) is 29.9. The van der Waals surface area contributed by atoms with E-state index in [0.29, 0.717) is 19.0 Å². The van der Waals surface area contributed by atoms with Crippen molar-refractivity contribution >= 4 is 12.0 Å². The number of hydrogen-bond acceptors (Lipinski definition) is 2. The van der Waals surface area contributed by atoms with Gasteiger partial charge >= 0.3 is 12.0 Å². The minimum absolute atomic E-state index is 0.101. The summed E-state index contributed by atoms with van der Waals surface area (Å²) in [6.45, 7) is 2.85. The molecule has 2 atom stereocenters. The van der Waals surface area contributed by atoms with Gasteiger partial charge in [-0.1, -0.05) is 13.3 Å². The van der Waals surface area contributed by atoms with Crippen LogP contribution in [-0.4, -0.2) is 41.1 Å². The van der Waals surface area contributed by atoms with Crippen LogP contribution in [0.2, 0.25) is 0 Å². The summed E-state index contributed by atoms with van der Waals surface area (Å²) < 4.78 is 0. The first-order chi connectivity index (χ1) is 7.58. The maximum Gasteiger partial charge on any atom is 0.317 e. The van der Waals surface area contributed by atoms with Crippen LogP contribution in [0.1, 0.15) is 26.2 Å². The second-order valence-corrected chi connectivity index (χ2v) is 4.90. The van der Waals surface area contributed by atoms with Gasteiger partial charge in [-0.05, 0) is 18.8 Å². The molecule has 90 valence electrons. The summed E-state index contributed by atoms with van der Waals surface area (Å²) in [6.07, 6.45) is 3.38. The molecule has 0 aromatic carbocycles. The fourth-order valence-corrected chi connectivity index (χ4v) is 2.41. The van der Waals surface area contributed by atoms with Gasteiger partial charge in [0.2, 0.25) is 0 Å². The maximum atomic E-state index is 11.7. The minimum Gasteiger partial charge on any atom is -0.481 e. The highest BCUT2D eigenvalue weighted by molar-refractivity contribution is 5.79. The van der Waals surface area contributed by atoms with Crippen molar-refractivity contribution in [2.75, 3.05) is 13.1 Å². The van der Waals surface area contributed by atoms with Crippen LogP contribution in [0.15, 0.2) is 0 Å². The smallest absolute Gasteiger partial charge is 0.317 e. The van der Waals surface area contributed by atoms with Gasteiger partial charge in [-0.25, -0.2) is 4.79 Å². The van der Waals surface area contributed by atoms with Crippen molar-refractivity contribution in [1.82, 2.24) is 10.2 Å². The van der Waals surface area contributed by atoms with E-state index in [1.165, 1.54) is 12.8 Å². The van der Waals surface area contributed by atoms with Crippen molar-refractivity contribution in [1.29, 1.82) is 0 Å². The Morgan fingerprint density at radius 1 is 1.31 bits per heavy atom. The van der Waals surface area contributed by atoms with Crippen molar-refractivity contribution in [2.45, 2.75) is 32.2 Å². The average Bonchev–Trinajstić information content (AvgIpc) is 2.48. The molecule has 1 saturated heterocycles. The second kappa shape index (κ2) is 4.31. The van der Waals surface area contributed by atoms with Crippen LogP contribution < -0.4 is 5.32 Å². The molecular formula is C11H18N2O3. The molecule has 0 aromatic rings. The van der Waals surface area contributed by atoms with E-state index < -0.39 is 5.97 Å². The lowest BCUT2D eigenvalue weighted by atomic mass is 10.0. The summed E-state index contributed by atoms with van der Waals surface area (Å²) in [7, 11) is 0. The van der Waals surface area contributed by atoms with Crippen LogP contribution >= 0.6 is 0 Å². The van der Waals surface area contributed by atoms with Gasteiger partial charge in [0.15, 0.2) is 0 Å². The molecule has 1 heterocycles. The molecule has 5 nitrogen and oxygen atoms in total. The van der Waals surface area contributed by atoms with Crippen molar-refractivity contribution in [2.24, 2.45) is 11.8 Å². The van der Waals surface area contributed by atoms with Crippen LogP contribution in [-0.2, 0) is 4.79 Å². The zero-order valence-corrected chi connectivity index (χ0v) is 9.48. The Kier molecular flexibility index (Phi) is 3.03. The van der Waals surface area contributed by atoms with Gasteiger partial charge in [0.1, 0.15) is 0 Å². The van der Waals surface area contributed by atoms with Gasteiger partial charge in [0.25, 0.3) is 0 Å². The number of carboxylic acid groups (broad SMARTS) is 1. The maximum absolute atomic E-state index is 11.7. The number of carbonyl (C=O) groups excluding carboxylic acids is 1. The number of nitrogens with one attached hydrogen (secondary N) is 1. The van der Waals surface area contributed by atoms with Crippen molar-refractivity contribution < 1.29 is 14.7 Å². The highest BCUT2D eigenvalue weighted by Crippen LogP contribution is 2.25. The molecule has 0 aromatic heterocycles. The Balaban J connectivity index is 1.75. The molecule has 0 spiro atoms. The summed E-state index contributed by atoms with van der Waals surface area (Å²) in [5.74, 6) is -0.634.